The number of carbonyl (C=O) groups excluding carboxylic acids is 2. The number of hydrogen-bond acceptors (Lipinski definition) is 3. The lowest BCUT2D eigenvalue weighted by atomic mass is 10.1. The maximum Gasteiger partial charge on any atom is 0.257 e. The number of aromatic nitrogens is 1. The molecule has 0 radical (unpaired) electrons. The summed E-state index contributed by atoms with van der Waals surface area (Å²) in [5.74, 6) is -0.363. The zero-order valence-electron chi connectivity index (χ0n) is 14.9. The van der Waals surface area contributed by atoms with E-state index in [2.05, 4.69) is 10.3 Å². The third kappa shape index (κ3) is 4.51. The van der Waals surface area contributed by atoms with E-state index in [1.165, 1.54) is 11.1 Å². The largest absolute Gasteiger partial charge is 0.345 e. The molecule has 0 unspecified atom stereocenters. The number of hydrogen-bond donors (Lipinski definition) is 1. The van der Waals surface area contributed by atoms with Gasteiger partial charge in [0, 0.05) is 48.3 Å². The zero-order valence-corrected chi connectivity index (χ0v) is 15.7. The second kappa shape index (κ2) is 8.01. The molecule has 0 bridgehead atoms. The zero-order chi connectivity index (χ0) is 19.4. The van der Waals surface area contributed by atoms with Crippen molar-refractivity contribution in [3.05, 3.63) is 83.1 Å². The smallest absolute Gasteiger partial charge is 0.257 e. The Morgan fingerprint density at radius 2 is 1.56 bits per heavy atom. The highest BCUT2D eigenvalue weighted by Gasteiger charge is 2.11. The number of benzene rings is 2. The SMILES string of the molecule is CN(C)C(=O)c1ccc(NC(=O)c2cncc(-c3ccc(Cl)cc3)c2)cc1. The van der Waals surface area contributed by atoms with Crippen molar-refractivity contribution in [3.63, 3.8) is 0 Å². The van der Waals surface area contributed by atoms with Crippen LogP contribution in [-0.2, 0) is 0 Å². The van der Waals surface area contributed by atoms with Crippen molar-refractivity contribution in [2.24, 2.45) is 0 Å². The van der Waals surface area contributed by atoms with E-state index in [1.807, 2.05) is 12.1 Å². The van der Waals surface area contributed by atoms with Gasteiger partial charge in [-0.2, -0.15) is 0 Å². The van der Waals surface area contributed by atoms with E-state index < -0.39 is 0 Å². The van der Waals surface area contributed by atoms with E-state index >= 15 is 0 Å². The minimum Gasteiger partial charge on any atom is -0.345 e. The van der Waals surface area contributed by atoms with Crippen LogP contribution >= 0.6 is 11.6 Å². The standard InChI is InChI=1S/C21H18ClN3O2/c1-25(2)21(27)15-5-9-19(10-6-15)24-20(26)17-11-16(12-23-13-17)14-3-7-18(22)8-4-14/h3-13H,1-2H3,(H,24,26). The molecule has 27 heavy (non-hydrogen) atoms. The van der Waals surface area contributed by atoms with Gasteiger partial charge in [0.25, 0.3) is 11.8 Å². The van der Waals surface area contributed by atoms with E-state index in [4.69, 9.17) is 11.6 Å². The third-order valence-corrected chi connectivity index (χ3v) is 4.23. The lowest BCUT2D eigenvalue weighted by molar-refractivity contribution is 0.0827. The second-order valence-corrected chi connectivity index (χ2v) is 6.64. The molecule has 3 aromatic rings. The van der Waals surface area contributed by atoms with E-state index in [9.17, 15) is 9.59 Å². The Bertz CT molecular complexity index is 967. The van der Waals surface area contributed by atoms with Gasteiger partial charge in [0.1, 0.15) is 0 Å². The van der Waals surface area contributed by atoms with Gasteiger partial charge < -0.3 is 10.2 Å². The summed E-state index contributed by atoms with van der Waals surface area (Å²) < 4.78 is 0. The monoisotopic (exact) mass is 379 g/mol. The van der Waals surface area contributed by atoms with Crippen molar-refractivity contribution in [2.75, 3.05) is 19.4 Å². The Hall–Kier alpha value is -3.18. The van der Waals surface area contributed by atoms with Crippen molar-refractivity contribution >= 4 is 29.1 Å². The molecule has 2 aromatic carbocycles. The van der Waals surface area contributed by atoms with Crippen LogP contribution in [0.5, 0.6) is 0 Å². The van der Waals surface area contributed by atoms with Crippen LogP contribution in [0.2, 0.25) is 5.02 Å². The van der Waals surface area contributed by atoms with Gasteiger partial charge in [0.2, 0.25) is 0 Å². The van der Waals surface area contributed by atoms with E-state index in [1.54, 1.807) is 62.8 Å². The van der Waals surface area contributed by atoms with Crippen LogP contribution in [0.4, 0.5) is 5.69 Å². The van der Waals surface area contributed by atoms with Gasteiger partial charge in [-0.1, -0.05) is 23.7 Å². The summed E-state index contributed by atoms with van der Waals surface area (Å²) in [6, 6.07) is 15.9. The summed E-state index contributed by atoms with van der Waals surface area (Å²) in [7, 11) is 3.39. The van der Waals surface area contributed by atoms with Crippen LogP contribution in [0.15, 0.2) is 67.0 Å². The molecule has 1 aromatic heterocycles. The van der Waals surface area contributed by atoms with Gasteiger partial charge in [0.15, 0.2) is 0 Å². The molecule has 136 valence electrons. The Labute approximate surface area is 162 Å². The highest BCUT2D eigenvalue weighted by Crippen LogP contribution is 2.22. The Kier molecular flexibility index (Phi) is 5.52. The average molecular weight is 380 g/mol. The Morgan fingerprint density at radius 3 is 2.19 bits per heavy atom. The number of halogens is 1. The summed E-state index contributed by atoms with van der Waals surface area (Å²) in [4.78, 5) is 30.1. The topological polar surface area (TPSA) is 62.3 Å². The number of pyridine rings is 1. The Morgan fingerprint density at radius 1 is 0.889 bits per heavy atom. The lowest BCUT2D eigenvalue weighted by Gasteiger charge is -2.11. The summed E-state index contributed by atoms with van der Waals surface area (Å²) in [6.07, 6.45) is 3.21. The normalized spacial score (nSPS) is 10.3. The van der Waals surface area contributed by atoms with Crippen LogP contribution in [-0.4, -0.2) is 35.8 Å². The van der Waals surface area contributed by atoms with Crippen molar-refractivity contribution < 1.29 is 9.59 Å². The van der Waals surface area contributed by atoms with Gasteiger partial charge in [-0.15, -0.1) is 0 Å². The number of rotatable bonds is 4. The molecule has 3 rings (SSSR count). The lowest BCUT2D eigenvalue weighted by Crippen LogP contribution is -2.21. The summed E-state index contributed by atoms with van der Waals surface area (Å²) >= 11 is 5.92. The fourth-order valence-electron chi connectivity index (χ4n) is 2.52. The molecular formula is C21H18ClN3O2. The van der Waals surface area contributed by atoms with E-state index in [-0.39, 0.29) is 11.8 Å². The summed E-state index contributed by atoms with van der Waals surface area (Å²) in [6.45, 7) is 0. The van der Waals surface area contributed by atoms with Crippen LogP contribution in [0.1, 0.15) is 20.7 Å². The number of amides is 2. The number of anilines is 1. The van der Waals surface area contributed by atoms with Gasteiger partial charge in [-0.3, -0.25) is 14.6 Å². The molecule has 6 heteroatoms. The van der Waals surface area contributed by atoms with Crippen molar-refractivity contribution in [2.45, 2.75) is 0 Å². The number of carbonyl (C=O) groups is 2. The van der Waals surface area contributed by atoms with Gasteiger partial charge >= 0.3 is 0 Å². The van der Waals surface area contributed by atoms with Crippen LogP contribution in [0.3, 0.4) is 0 Å². The number of nitrogens with zero attached hydrogens (tertiary/aromatic N) is 2. The predicted molar refractivity (Wildman–Crippen MR) is 107 cm³/mol. The molecule has 0 saturated heterocycles. The fraction of sp³-hybridized carbons (Fsp3) is 0.0952. The molecule has 0 atom stereocenters. The fourth-order valence-corrected chi connectivity index (χ4v) is 2.65. The molecule has 1 N–H and O–H groups in total. The van der Waals surface area contributed by atoms with Crippen molar-refractivity contribution in [3.8, 4) is 11.1 Å². The second-order valence-electron chi connectivity index (χ2n) is 6.20. The Balaban J connectivity index is 1.75. The van der Waals surface area contributed by atoms with Gasteiger partial charge in [-0.05, 0) is 48.0 Å². The van der Waals surface area contributed by atoms with Gasteiger partial charge in [0.05, 0.1) is 5.56 Å². The summed E-state index contributed by atoms with van der Waals surface area (Å²) in [5.41, 5.74) is 3.35. The first-order valence-corrected chi connectivity index (χ1v) is 8.66. The first kappa shape index (κ1) is 18.6. The van der Waals surface area contributed by atoms with Crippen LogP contribution < -0.4 is 5.32 Å². The van der Waals surface area contributed by atoms with E-state index in [0.29, 0.717) is 21.8 Å². The molecule has 5 nitrogen and oxygen atoms in total. The summed E-state index contributed by atoms with van der Waals surface area (Å²) in [5, 5.41) is 3.47. The third-order valence-electron chi connectivity index (χ3n) is 3.97. The molecule has 0 fully saturated rings. The predicted octanol–water partition coefficient (Wildman–Crippen LogP) is 4.36. The molecule has 1 heterocycles. The highest BCUT2D eigenvalue weighted by atomic mass is 35.5. The molecule has 0 spiro atoms. The number of nitrogens with one attached hydrogen (secondary N) is 1. The average Bonchev–Trinajstić information content (AvgIpc) is 2.68. The van der Waals surface area contributed by atoms with Crippen LogP contribution in [0, 0.1) is 0 Å². The maximum absolute atomic E-state index is 12.5. The quantitative estimate of drug-likeness (QED) is 0.732. The first-order chi connectivity index (χ1) is 12.9. The molecule has 0 aliphatic rings. The minimum absolute atomic E-state index is 0.0901. The minimum atomic E-state index is -0.273. The van der Waals surface area contributed by atoms with Crippen molar-refractivity contribution in [1.29, 1.82) is 0 Å². The van der Waals surface area contributed by atoms with E-state index in [0.717, 1.165) is 11.1 Å². The van der Waals surface area contributed by atoms with Crippen molar-refractivity contribution in [1.82, 2.24) is 9.88 Å². The molecular weight excluding hydrogens is 362 g/mol. The van der Waals surface area contributed by atoms with Gasteiger partial charge in [-0.25, -0.2) is 0 Å². The molecule has 0 aliphatic heterocycles. The first-order valence-electron chi connectivity index (χ1n) is 8.28. The highest BCUT2D eigenvalue weighted by molar-refractivity contribution is 6.30. The molecule has 2 amide bonds. The molecule has 0 aliphatic carbocycles. The molecule has 0 saturated carbocycles. The maximum atomic E-state index is 12.5. The van der Waals surface area contributed by atoms with Crippen LogP contribution in [0.25, 0.3) is 11.1 Å².